The van der Waals surface area contributed by atoms with Crippen LogP contribution in [0.25, 0.3) is 5.69 Å². The number of piperazine rings is 1. The molecule has 2 heterocycles. The lowest BCUT2D eigenvalue weighted by atomic mass is 10.2. The average molecular weight is 405 g/mol. The molecular formula is C19H25ClN6O2. The molecule has 1 aliphatic heterocycles. The van der Waals surface area contributed by atoms with Crippen molar-refractivity contribution >= 4 is 29.1 Å². The van der Waals surface area contributed by atoms with Crippen LogP contribution in [-0.4, -0.2) is 77.7 Å². The molecule has 1 aliphatic rings. The van der Waals surface area contributed by atoms with Gasteiger partial charge in [0.15, 0.2) is 0 Å². The fourth-order valence-corrected chi connectivity index (χ4v) is 3.29. The number of hydrogen-bond acceptors (Lipinski definition) is 5. The van der Waals surface area contributed by atoms with Gasteiger partial charge < -0.3 is 20.4 Å². The van der Waals surface area contributed by atoms with Crippen molar-refractivity contribution in [1.29, 1.82) is 0 Å². The topological polar surface area (TPSA) is 82.5 Å². The van der Waals surface area contributed by atoms with Gasteiger partial charge in [-0.3, -0.25) is 9.59 Å². The van der Waals surface area contributed by atoms with Crippen molar-refractivity contribution in [3.8, 4) is 5.69 Å². The van der Waals surface area contributed by atoms with Gasteiger partial charge in [0.2, 0.25) is 0 Å². The van der Waals surface area contributed by atoms with E-state index in [-0.39, 0.29) is 0 Å². The summed E-state index contributed by atoms with van der Waals surface area (Å²) in [4.78, 5) is 28.7. The number of nitrogens with zero attached hydrogens (tertiary/aromatic N) is 4. The van der Waals surface area contributed by atoms with Gasteiger partial charge in [-0.05, 0) is 44.3 Å². The van der Waals surface area contributed by atoms with E-state index in [0.717, 1.165) is 39.1 Å². The third kappa shape index (κ3) is 5.54. The largest absolute Gasteiger partial charge is 0.348 e. The van der Waals surface area contributed by atoms with Crippen LogP contribution >= 0.6 is 11.6 Å². The Morgan fingerprint density at radius 2 is 1.96 bits per heavy atom. The smallest absolute Gasteiger partial charge is 0.313 e. The van der Waals surface area contributed by atoms with Gasteiger partial charge in [0.05, 0.1) is 10.7 Å². The maximum Gasteiger partial charge on any atom is 0.313 e. The van der Waals surface area contributed by atoms with E-state index < -0.39 is 11.8 Å². The van der Waals surface area contributed by atoms with E-state index >= 15 is 0 Å². The van der Waals surface area contributed by atoms with Crippen molar-refractivity contribution in [2.75, 3.05) is 51.6 Å². The van der Waals surface area contributed by atoms with Crippen LogP contribution in [0.2, 0.25) is 5.02 Å². The Labute approximate surface area is 169 Å². The lowest BCUT2D eigenvalue weighted by Gasteiger charge is -2.32. The Hall–Kier alpha value is -2.42. The van der Waals surface area contributed by atoms with Gasteiger partial charge in [0.25, 0.3) is 0 Å². The van der Waals surface area contributed by atoms with Crippen molar-refractivity contribution < 1.29 is 9.59 Å². The van der Waals surface area contributed by atoms with Gasteiger partial charge in [-0.15, -0.1) is 0 Å². The molecule has 150 valence electrons. The third-order valence-corrected chi connectivity index (χ3v) is 5.00. The van der Waals surface area contributed by atoms with E-state index in [1.165, 1.54) is 0 Å². The van der Waals surface area contributed by atoms with E-state index in [1.807, 2.05) is 0 Å². The number of nitrogens with one attached hydrogen (secondary N) is 2. The van der Waals surface area contributed by atoms with Crippen LogP contribution in [0.1, 0.15) is 6.42 Å². The molecule has 9 heteroatoms. The number of carbonyl (C=O) groups is 2. The van der Waals surface area contributed by atoms with Crippen LogP contribution in [0.5, 0.6) is 0 Å². The maximum atomic E-state index is 12.1. The van der Waals surface area contributed by atoms with Gasteiger partial charge >= 0.3 is 11.8 Å². The second-order valence-electron chi connectivity index (χ2n) is 6.83. The molecule has 0 atom stereocenters. The van der Waals surface area contributed by atoms with Crippen molar-refractivity contribution in [2.45, 2.75) is 6.42 Å². The minimum absolute atomic E-state index is 0.425. The first-order valence-electron chi connectivity index (χ1n) is 9.32. The molecule has 0 aliphatic carbocycles. The molecule has 1 fully saturated rings. The second kappa shape index (κ2) is 9.68. The summed E-state index contributed by atoms with van der Waals surface area (Å²) in [5, 5.41) is 9.78. The molecule has 1 saturated heterocycles. The highest BCUT2D eigenvalue weighted by atomic mass is 35.5. The van der Waals surface area contributed by atoms with E-state index in [0.29, 0.717) is 22.9 Å². The van der Waals surface area contributed by atoms with Crippen molar-refractivity contribution in [1.82, 2.24) is 24.9 Å². The Morgan fingerprint density at radius 3 is 2.64 bits per heavy atom. The zero-order chi connectivity index (χ0) is 19.9. The molecule has 1 aromatic heterocycles. The molecular weight excluding hydrogens is 380 g/mol. The molecule has 0 radical (unpaired) electrons. The number of carbonyl (C=O) groups excluding carboxylic acids is 2. The van der Waals surface area contributed by atoms with Gasteiger partial charge in [0.1, 0.15) is 0 Å². The molecule has 8 nitrogen and oxygen atoms in total. The van der Waals surface area contributed by atoms with E-state index in [1.54, 1.807) is 41.3 Å². The minimum atomic E-state index is -0.706. The SMILES string of the molecule is CN1CCN(CCCNC(=O)C(=O)Nc2ccc(-n3cccn3)c(Cl)c2)CC1. The number of rotatable bonds is 6. The molecule has 2 amide bonds. The van der Waals surface area contributed by atoms with E-state index in [9.17, 15) is 9.59 Å². The number of amides is 2. The molecule has 0 bridgehead atoms. The fourth-order valence-electron chi connectivity index (χ4n) is 3.03. The first-order valence-corrected chi connectivity index (χ1v) is 9.70. The predicted molar refractivity (Wildman–Crippen MR) is 109 cm³/mol. The van der Waals surface area contributed by atoms with Crippen LogP contribution in [0.3, 0.4) is 0 Å². The summed E-state index contributed by atoms with van der Waals surface area (Å²) in [6.07, 6.45) is 4.24. The molecule has 0 saturated carbocycles. The Bertz CT molecular complexity index is 803. The highest BCUT2D eigenvalue weighted by molar-refractivity contribution is 6.40. The van der Waals surface area contributed by atoms with Crippen LogP contribution in [0.15, 0.2) is 36.7 Å². The first-order chi connectivity index (χ1) is 13.5. The van der Waals surface area contributed by atoms with Crippen LogP contribution < -0.4 is 10.6 Å². The lowest BCUT2D eigenvalue weighted by molar-refractivity contribution is -0.136. The Balaban J connectivity index is 1.41. The molecule has 2 N–H and O–H groups in total. The maximum absolute atomic E-state index is 12.1. The van der Waals surface area contributed by atoms with Gasteiger partial charge in [-0.25, -0.2) is 4.68 Å². The monoisotopic (exact) mass is 404 g/mol. The summed E-state index contributed by atoms with van der Waals surface area (Å²) in [6, 6.07) is 6.80. The summed E-state index contributed by atoms with van der Waals surface area (Å²) in [5.41, 5.74) is 1.15. The number of anilines is 1. The highest BCUT2D eigenvalue weighted by Crippen LogP contribution is 2.23. The van der Waals surface area contributed by atoms with Crippen LogP contribution in [0, 0.1) is 0 Å². The van der Waals surface area contributed by atoms with E-state index in [4.69, 9.17) is 11.6 Å². The molecule has 0 unspecified atom stereocenters. The summed E-state index contributed by atoms with van der Waals surface area (Å²) in [7, 11) is 2.12. The van der Waals surface area contributed by atoms with E-state index in [2.05, 4.69) is 32.6 Å². The average Bonchev–Trinajstić information content (AvgIpc) is 3.21. The highest BCUT2D eigenvalue weighted by Gasteiger charge is 2.16. The summed E-state index contributed by atoms with van der Waals surface area (Å²) < 4.78 is 1.63. The summed E-state index contributed by atoms with van der Waals surface area (Å²) in [6.45, 7) is 5.60. The Morgan fingerprint density at radius 1 is 1.18 bits per heavy atom. The molecule has 28 heavy (non-hydrogen) atoms. The van der Waals surface area contributed by atoms with Crippen LogP contribution in [0.4, 0.5) is 5.69 Å². The molecule has 1 aromatic carbocycles. The fraction of sp³-hybridized carbons (Fsp3) is 0.421. The van der Waals surface area contributed by atoms with Crippen molar-refractivity contribution in [2.24, 2.45) is 0 Å². The number of hydrogen-bond donors (Lipinski definition) is 2. The molecule has 2 aromatic rings. The van der Waals surface area contributed by atoms with Crippen molar-refractivity contribution in [3.05, 3.63) is 41.7 Å². The van der Waals surface area contributed by atoms with Gasteiger partial charge in [-0.1, -0.05) is 11.6 Å². The standard InChI is InChI=1S/C19H25ClN6O2/c1-24-10-12-25(13-11-24)8-2-6-21-18(27)19(28)23-15-4-5-17(16(20)14-15)26-9-3-7-22-26/h3-5,7,9,14H,2,6,8,10-13H2,1H3,(H,21,27)(H,23,28). The summed E-state index contributed by atoms with van der Waals surface area (Å²) >= 11 is 6.25. The summed E-state index contributed by atoms with van der Waals surface area (Å²) in [5.74, 6) is -1.35. The zero-order valence-electron chi connectivity index (χ0n) is 15.9. The number of benzene rings is 1. The molecule has 0 spiro atoms. The second-order valence-corrected chi connectivity index (χ2v) is 7.23. The quantitative estimate of drug-likeness (QED) is 0.558. The van der Waals surface area contributed by atoms with Crippen molar-refractivity contribution in [3.63, 3.8) is 0 Å². The lowest BCUT2D eigenvalue weighted by Crippen LogP contribution is -2.45. The van der Waals surface area contributed by atoms with Gasteiger partial charge in [-0.2, -0.15) is 5.10 Å². The zero-order valence-corrected chi connectivity index (χ0v) is 16.7. The number of halogens is 1. The Kier molecular flexibility index (Phi) is 7.02. The number of likely N-dealkylation sites (N-methyl/N-ethyl adjacent to an activating group) is 1. The third-order valence-electron chi connectivity index (χ3n) is 4.70. The predicted octanol–water partition coefficient (Wildman–Crippen LogP) is 1.22. The van der Waals surface area contributed by atoms with Gasteiger partial charge in [0, 0.05) is 50.8 Å². The normalized spacial score (nSPS) is 15.4. The van der Waals surface area contributed by atoms with Crippen LogP contribution in [-0.2, 0) is 9.59 Å². The molecule has 3 rings (SSSR count). The first kappa shape index (κ1) is 20.3. The number of aromatic nitrogens is 2. The minimum Gasteiger partial charge on any atom is -0.348 e.